The van der Waals surface area contributed by atoms with Crippen LogP contribution >= 0.6 is 15.9 Å². The van der Waals surface area contributed by atoms with Gasteiger partial charge in [0.15, 0.2) is 0 Å². The molecule has 0 aromatic heterocycles. The van der Waals surface area contributed by atoms with Crippen LogP contribution in [0.25, 0.3) is 0 Å². The summed E-state index contributed by atoms with van der Waals surface area (Å²) in [5, 5.41) is 6.63. The number of rotatable bonds is 6. The Balaban J connectivity index is 1.90. The number of hydrogen-bond donors (Lipinski definition) is 2. The van der Waals surface area contributed by atoms with E-state index in [9.17, 15) is 13.2 Å². The Morgan fingerprint density at radius 3 is 2.65 bits per heavy atom. The molecule has 0 radical (unpaired) electrons. The van der Waals surface area contributed by atoms with E-state index >= 15 is 0 Å². The number of alkyl halides is 3. The van der Waals surface area contributed by atoms with Gasteiger partial charge in [-0.2, -0.15) is 13.2 Å². The lowest BCUT2D eigenvalue weighted by molar-refractivity contribution is -0.137. The molecule has 0 bridgehead atoms. The predicted molar refractivity (Wildman–Crippen MR) is 76.5 cm³/mol. The van der Waals surface area contributed by atoms with Crippen LogP contribution < -0.4 is 10.6 Å². The Morgan fingerprint density at radius 2 is 2.05 bits per heavy atom. The van der Waals surface area contributed by atoms with Gasteiger partial charge in [0.1, 0.15) is 0 Å². The van der Waals surface area contributed by atoms with Crippen LogP contribution in [0.5, 0.6) is 0 Å². The van der Waals surface area contributed by atoms with Crippen molar-refractivity contribution in [1.29, 1.82) is 0 Å². The summed E-state index contributed by atoms with van der Waals surface area (Å²) in [4.78, 5) is 0. The molecule has 1 unspecified atom stereocenters. The van der Waals surface area contributed by atoms with Crippen LogP contribution in [0.1, 0.15) is 30.9 Å². The average molecular weight is 351 g/mol. The fourth-order valence-corrected chi connectivity index (χ4v) is 2.26. The molecule has 112 valence electrons. The normalized spacial score (nSPS) is 17.2. The lowest BCUT2D eigenvalue weighted by Gasteiger charge is -2.16. The van der Waals surface area contributed by atoms with Gasteiger partial charge in [0, 0.05) is 29.6 Å². The maximum atomic E-state index is 12.7. The van der Waals surface area contributed by atoms with Gasteiger partial charge in [0.05, 0.1) is 5.56 Å². The highest BCUT2D eigenvalue weighted by molar-refractivity contribution is 9.10. The molecule has 1 aromatic rings. The van der Waals surface area contributed by atoms with Gasteiger partial charge in [-0.05, 0) is 43.5 Å². The van der Waals surface area contributed by atoms with E-state index in [1.807, 2.05) is 6.92 Å². The maximum absolute atomic E-state index is 12.7. The second kappa shape index (κ2) is 6.45. The minimum atomic E-state index is -4.30. The summed E-state index contributed by atoms with van der Waals surface area (Å²) in [5.41, 5.74) is 0.0133. The molecule has 0 spiro atoms. The van der Waals surface area contributed by atoms with Gasteiger partial charge in [-0.3, -0.25) is 0 Å². The van der Waals surface area contributed by atoms with Gasteiger partial charge in [-0.25, -0.2) is 0 Å². The zero-order valence-electron chi connectivity index (χ0n) is 11.2. The van der Waals surface area contributed by atoms with Crippen molar-refractivity contribution in [2.75, 3.05) is 6.54 Å². The topological polar surface area (TPSA) is 24.1 Å². The molecular weight excluding hydrogens is 333 g/mol. The zero-order chi connectivity index (χ0) is 14.8. The molecule has 0 aliphatic heterocycles. The molecule has 6 heteroatoms. The molecule has 1 aliphatic rings. The van der Waals surface area contributed by atoms with Crippen LogP contribution in [0.15, 0.2) is 22.7 Å². The van der Waals surface area contributed by atoms with Crippen LogP contribution in [0, 0.1) is 0 Å². The fraction of sp³-hybridized carbons (Fsp3) is 0.571. The smallest absolute Gasteiger partial charge is 0.312 e. The summed E-state index contributed by atoms with van der Waals surface area (Å²) < 4.78 is 38.7. The molecule has 0 heterocycles. The van der Waals surface area contributed by atoms with Gasteiger partial charge in [0.25, 0.3) is 0 Å². The molecule has 20 heavy (non-hydrogen) atoms. The van der Waals surface area contributed by atoms with Gasteiger partial charge >= 0.3 is 6.18 Å². The van der Waals surface area contributed by atoms with E-state index < -0.39 is 11.7 Å². The first-order valence-corrected chi connectivity index (χ1v) is 7.48. The van der Waals surface area contributed by atoms with Crippen molar-refractivity contribution in [1.82, 2.24) is 10.6 Å². The zero-order valence-corrected chi connectivity index (χ0v) is 12.8. The summed E-state index contributed by atoms with van der Waals surface area (Å²) in [6, 6.07) is 4.59. The van der Waals surface area contributed by atoms with E-state index in [1.54, 1.807) is 0 Å². The number of halogens is 4. The molecule has 2 nitrogen and oxygen atoms in total. The van der Waals surface area contributed by atoms with E-state index in [0.717, 1.165) is 12.6 Å². The summed E-state index contributed by atoms with van der Waals surface area (Å²) in [6.45, 7) is 3.27. The van der Waals surface area contributed by atoms with Crippen LogP contribution in [0.4, 0.5) is 13.2 Å². The van der Waals surface area contributed by atoms with Crippen LogP contribution in [-0.2, 0) is 12.7 Å². The van der Waals surface area contributed by atoms with Crippen molar-refractivity contribution in [3.05, 3.63) is 33.8 Å². The SMILES string of the molecule is CC(CNC1CC1)NCc1cc(C(F)(F)F)ccc1Br. The van der Waals surface area contributed by atoms with Crippen molar-refractivity contribution >= 4 is 15.9 Å². The second-order valence-electron chi connectivity index (χ2n) is 5.27. The molecule has 1 aliphatic carbocycles. The summed E-state index contributed by atoms with van der Waals surface area (Å²) >= 11 is 3.30. The third kappa shape index (κ3) is 4.75. The molecule has 2 N–H and O–H groups in total. The van der Waals surface area contributed by atoms with Gasteiger partial charge in [0.2, 0.25) is 0 Å². The van der Waals surface area contributed by atoms with Crippen LogP contribution in [0.3, 0.4) is 0 Å². The van der Waals surface area contributed by atoms with Crippen molar-refractivity contribution in [2.24, 2.45) is 0 Å². The van der Waals surface area contributed by atoms with E-state index in [2.05, 4.69) is 26.6 Å². The molecule has 1 fully saturated rings. The van der Waals surface area contributed by atoms with Gasteiger partial charge in [-0.15, -0.1) is 0 Å². The Hall–Kier alpha value is -0.590. The highest BCUT2D eigenvalue weighted by Crippen LogP contribution is 2.31. The largest absolute Gasteiger partial charge is 0.416 e. The number of benzene rings is 1. The quantitative estimate of drug-likeness (QED) is 0.817. The molecule has 0 saturated heterocycles. The molecule has 1 atom stereocenters. The van der Waals surface area contributed by atoms with E-state index in [0.29, 0.717) is 22.6 Å². The minimum Gasteiger partial charge on any atom is -0.312 e. The first kappa shape index (κ1) is 15.8. The minimum absolute atomic E-state index is 0.219. The summed E-state index contributed by atoms with van der Waals surface area (Å²) in [5.74, 6) is 0. The molecular formula is C14H18BrF3N2. The van der Waals surface area contributed by atoms with E-state index in [-0.39, 0.29) is 6.04 Å². The summed E-state index contributed by atoms with van der Waals surface area (Å²) in [6.07, 6.45) is -1.84. The Kier molecular flexibility index (Phi) is 5.09. The van der Waals surface area contributed by atoms with E-state index in [4.69, 9.17) is 0 Å². The van der Waals surface area contributed by atoms with Crippen molar-refractivity contribution in [2.45, 2.75) is 44.6 Å². The lowest BCUT2D eigenvalue weighted by atomic mass is 10.1. The van der Waals surface area contributed by atoms with Crippen molar-refractivity contribution in [3.63, 3.8) is 0 Å². The van der Waals surface area contributed by atoms with Crippen LogP contribution in [-0.4, -0.2) is 18.6 Å². The Labute approximate surface area is 125 Å². The molecule has 1 saturated carbocycles. The fourth-order valence-electron chi connectivity index (χ4n) is 1.87. The van der Waals surface area contributed by atoms with Crippen LogP contribution in [0.2, 0.25) is 0 Å². The highest BCUT2D eigenvalue weighted by Gasteiger charge is 2.30. The number of hydrogen-bond acceptors (Lipinski definition) is 2. The van der Waals surface area contributed by atoms with Gasteiger partial charge < -0.3 is 10.6 Å². The van der Waals surface area contributed by atoms with Crippen molar-refractivity contribution in [3.8, 4) is 0 Å². The molecule has 0 amide bonds. The Morgan fingerprint density at radius 1 is 1.35 bits per heavy atom. The highest BCUT2D eigenvalue weighted by atomic mass is 79.9. The maximum Gasteiger partial charge on any atom is 0.416 e. The van der Waals surface area contributed by atoms with Gasteiger partial charge in [-0.1, -0.05) is 15.9 Å². The van der Waals surface area contributed by atoms with E-state index in [1.165, 1.54) is 25.0 Å². The monoisotopic (exact) mass is 350 g/mol. The lowest BCUT2D eigenvalue weighted by Crippen LogP contribution is -2.36. The number of nitrogens with one attached hydrogen (secondary N) is 2. The molecule has 2 rings (SSSR count). The summed E-state index contributed by atoms with van der Waals surface area (Å²) in [7, 11) is 0. The first-order valence-electron chi connectivity index (χ1n) is 6.68. The molecule has 1 aromatic carbocycles. The standard InChI is InChI=1S/C14H18BrF3N2/c1-9(7-20-12-3-4-12)19-8-10-6-11(14(16,17)18)2-5-13(10)15/h2,5-6,9,12,19-20H,3-4,7-8H2,1H3. The third-order valence-electron chi connectivity index (χ3n) is 3.30. The average Bonchev–Trinajstić information content (AvgIpc) is 3.18. The Bertz CT molecular complexity index is 458. The second-order valence-corrected chi connectivity index (χ2v) is 6.12. The first-order chi connectivity index (χ1) is 9.36. The third-order valence-corrected chi connectivity index (χ3v) is 4.08. The van der Waals surface area contributed by atoms with Crippen molar-refractivity contribution < 1.29 is 13.2 Å². The predicted octanol–water partition coefficient (Wildman–Crippen LogP) is 3.70.